The van der Waals surface area contributed by atoms with Gasteiger partial charge in [-0.3, -0.25) is 4.79 Å². The molecule has 1 unspecified atom stereocenters. The molecular weight excluding hydrogens is 589 g/mol. The van der Waals surface area contributed by atoms with Crippen LogP contribution in [0.5, 0.6) is 5.75 Å². The van der Waals surface area contributed by atoms with E-state index in [1.807, 2.05) is 13.8 Å². The first kappa shape index (κ1) is 35.3. The Kier molecular flexibility index (Phi) is 12.4. The summed E-state index contributed by atoms with van der Waals surface area (Å²) >= 11 is 0. The lowest BCUT2D eigenvalue weighted by Gasteiger charge is -2.54. The topological polar surface area (TPSA) is 172 Å². The average Bonchev–Trinajstić information content (AvgIpc) is 2.99. The number of benzene rings is 1. The van der Waals surface area contributed by atoms with E-state index in [1.54, 1.807) is 21.9 Å². The van der Waals surface area contributed by atoms with E-state index in [2.05, 4.69) is 5.32 Å². The van der Waals surface area contributed by atoms with Gasteiger partial charge in [0.2, 0.25) is 5.91 Å². The average molecular weight is 640 g/mol. The van der Waals surface area contributed by atoms with E-state index < -0.39 is 36.8 Å². The Bertz CT molecular complexity index is 1130. The Morgan fingerprint density at radius 2 is 1.73 bits per heavy atom. The number of rotatable bonds is 15. The van der Waals surface area contributed by atoms with Gasteiger partial charge in [-0.1, -0.05) is 6.07 Å². The number of aliphatic hydroxyl groups is 5. The van der Waals surface area contributed by atoms with Gasteiger partial charge in [0.05, 0.1) is 31.8 Å². The maximum absolute atomic E-state index is 14.8. The fraction of sp³-hybridized carbons (Fsp3) is 0.750. The Hall–Kier alpha value is -2.55. The van der Waals surface area contributed by atoms with Gasteiger partial charge in [-0.2, -0.15) is 0 Å². The minimum atomic E-state index is -1.68. The van der Waals surface area contributed by atoms with Gasteiger partial charge in [-0.15, -0.1) is 0 Å². The predicted molar refractivity (Wildman–Crippen MR) is 162 cm³/mol. The first-order valence-corrected chi connectivity index (χ1v) is 16.1. The van der Waals surface area contributed by atoms with Gasteiger partial charge in [0.25, 0.3) is 0 Å². The Morgan fingerprint density at radius 3 is 2.33 bits per heavy atom. The Balaban J connectivity index is 1.12. The molecule has 2 saturated heterocycles. The molecule has 5 atom stereocenters. The van der Waals surface area contributed by atoms with Gasteiger partial charge in [0, 0.05) is 51.3 Å². The lowest BCUT2D eigenvalue weighted by molar-refractivity contribution is -0.136. The van der Waals surface area contributed by atoms with Gasteiger partial charge < -0.3 is 50.1 Å². The highest BCUT2D eigenvalue weighted by molar-refractivity contribution is 5.79. The summed E-state index contributed by atoms with van der Waals surface area (Å²) in [5, 5.41) is 50.7. The molecule has 1 aromatic carbocycles. The summed E-state index contributed by atoms with van der Waals surface area (Å²) in [5.74, 6) is 0.406. The number of carbonyl (C=O) groups excluding carboxylic acids is 2. The fourth-order valence-electron chi connectivity index (χ4n) is 6.65. The molecule has 1 aromatic rings. The summed E-state index contributed by atoms with van der Waals surface area (Å²) in [7, 11) is 0. The predicted octanol–water partition coefficient (Wildman–Crippen LogP) is 0.658. The summed E-state index contributed by atoms with van der Waals surface area (Å²) in [5.41, 5.74) is 0.549. The standard InChI is InChI=1S/C32H50FN3O9/c1-20(2)45-31(43)35-10-8-32(9-11-35)7-5-23(32)6-12-44-24-4-3-22(25(33)14-24)13-28(40)36-17-21(18-36)15-34-16-26(38)29(41)30(42)27(39)19-37/h3-4,14,20-21,23,26-27,29-30,34,37-39,41-42H,5-13,15-19H2,1-2H3/t23?,26-,27+,29+,30+/m0/s1. The Morgan fingerprint density at radius 1 is 1.04 bits per heavy atom. The van der Waals surface area contributed by atoms with Crippen molar-refractivity contribution < 1.29 is 49.0 Å². The summed E-state index contributed by atoms with van der Waals surface area (Å²) in [4.78, 5) is 28.3. The van der Waals surface area contributed by atoms with Crippen LogP contribution in [0, 0.1) is 23.1 Å². The van der Waals surface area contributed by atoms with Crippen LogP contribution in [-0.4, -0.2) is 130 Å². The van der Waals surface area contributed by atoms with Gasteiger partial charge in [-0.25, -0.2) is 9.18 Å². The van der Waals surface area contributed by atoms with E-state index in [4.69, 9.17) is 14.6 Å². The lowest BCUT2D eigenvalue weighted by Crippen LogP contribution is -2.55. The minimum absolute atomic E-state index is 0.0444. The third kappa shape index (κ3) is 9.05. The van der Waals surface area contributed by atoms with E-state index in [0.717, 1.165) is 32.1 Å². The monoisotopic (exact) mass is 639 g/mol. The second-order valence-corrected chi connectivity index (χ2v) is 13.2. The van der Waals surface area contributed by atoms with Crippen LogP contribution in [0.3, 0.4) is 0 Å². The lowest BCUT2D eigenvalue weighted by atomic mass is 9.55. The summed E-state index contributed by atoms with van der Waals surface area (Å²) < 4.78 is 26.1. The quantitative estimate of drug-likeness (QED) is 0.160. The van der Waals surface area contributed by atoms with Crippen molar-refractivity contribution in [1.29, 1.82) is 0 Å². The summed E-state index contributed by atoms with van der Waals surface area (Å²) in [6.07, 6.45) is -1.54. The normalized spacial score (nSPS) is 22.4. The van der Waals surface area contributed by atoms with Crippen molar-refractivity contribution in [2.45, 2.75) is 82.9 Å². The Labute approximate surface area is 264 Å². The highest BCUT2D eigenvalue weighted by Crippen LogP contribution is 2.55. The van der Waals surface area contributed by atoms with Crippen molar-refractivity contribution in [3.63, 3.8) is 0 Å². The molecule has 2 amide bonds. The number of hydrogen-bond donors (Lipinski definition) is 6. The molecule has 2 heterocycles. The number of nitrogens with zero attached hydrogens (tertiary/aromatic N) is 2. The first-order valence-electron chi connectivity index (χ1n) is 16.1. The third-order valence-corrected chi connectivity index (χ3v) is 9.73. The molecule has 1 aliphatic carbocycles. The SMILES string of the molecule is CC(C)OC(=O)N1CCC2(CCC2CCOc2ccc(CC(=O)N3CC(CNC[C@H](O)[C@@H](O)[C@H](O)[C@H](O)CO)C3)c(F)c2)CC1. The van der Waals surface area contributed by atoms with E-state index >= 15 is 0 Å². The molecule has 0 radical (unpaired) electrons. The van der Waals surface area contributed by atoms with Crippen LogP contribution < -0.4 is 10.1 Å². The molecule has 2 aliphatic heterocycles. The highest BCUT2D eigenvalue weighted by Gasteiger charge is 2.48. The fourth-order valence-corrected chi connectivity index (χ4v) is 6.65. The van der Waals surface area contributed by atoms with E-state index in [1.165, 1.54) is 6.07 Å². The molecule has 6 N–H and O–H groups in total. The van der Waals surface area contributed by atoms with Crippen LogP contribution >= 0.6 is 0 Å². The van der Waals surface area contributed by atoms with Gasteiger partial charge >= 0.3 is 6.09 Å². The molecule has 0 aromatic heterocycles. The van der Waals surface area contributed by atoms with E-state index in [-0.39, 0.29) is 42.4 Å². The number of amides is 2. The maximum Gasteiger partial charge on any atom is 0.410 e. The maximum atomic E-state index is 14.8. The molecule has 3 fully saturated rings. The number of carbonyl (C=O) groups is 2. The first-order chi connectivity index (χ1) is 21.4. The number of hydrogen-bond acceptors (Lipinski definition) is 10. The highest BCUT2D eigenvalue weighted by atomic mass is 19.1. The number of halogens is 1. The van der Waals surface area contributed by atoms with Crippen LogP contribution in [0.4, 0.5) is 9.18 Å². The molecule has 1 saturated carbocycles. The van der Waals surface area contributed by atoms with E-state index in [0.29, 0.717) is 56.6 Å². The third-order valence-electron chi connectivity index (χ3n) is 9.73. The van der Waals surface area contributed by atoms with E-state index in [9.17, 15) is 34.4 Å². The number of aliphatic hydroxyl groups excluding tert-OH is 5. The van der Waals surface area contributed by atoms with Crippen molar-refractivity contribution >= 4 is 12.0 Å². The minimum Gasteiger partial charge on any atom is -0.493 e. The van der Waals surface area contributed by atoms with Crippen LogP contribution in [0.1, 0.15) is 51.5 Å². The van der Waals surface area contributed by atoms with Crippen molar-refractivity contribution in [3.8, 4) is 5.75 Å². The zero-order chi connectivity index (χ0) is 32.7. The molecule has 3 aliphatic rings. The van der Waals surface area contributed by atoms with Gasteiger partial charge in [0.15, 0.2) is 0 Å². The van der Waals surface area contributed by atoms with Crippen molar-refractivity contribution in [2.24, 2.45) is 17.3 Å². The van der Waals surface area contributed by atoms with Crippen molar-refractivity contribution in [3.05, 3.63) is 29.6 Å². The van der Waals surface area contributed by atoms with Crippen LogP contribution in [0.25, 0.3) is 0 Å². The molecule has 45 heavy (non-hydrogen) atoms. The molecule has 254 valence electrons. The molecule has 4 rings (SSSR count). The number of nitrogens with one attached hydrogen (secondary N) is 1. The molecule has 13 heteroatoms. The smallest absolute Gasteiger partial charge is 0.410 e. The molecular formula is C32H50FN3O9. The van der Waals surface area contributed by atoms with Crippen LogP contribution in [0.2, 0.25) is 0 Å². The molecule has 0 bridgehead atoms. The summed E-state index contributed by atoms with van der Waals surface area (Å²) in [6, 6.07) is 4.62. The van der Waals surface area contributed by atoms with Crippen molar-refractivity contribution in [2.75, 3.05) is 52.5 Å². The van der Waals surface area contributed by atoms with Crippen molar-refractivity contribution in [1.82, 2.24) is 15.1 Å². The zero-order valence-electron chi connectivity index (χ0n) is 26.3. The second kappa shape index (κ2) is 15.8. The number of likely N-dealkylation sites (tertiary alicyclic amines) is 2. The summed E-state index contributed by atoms with van der Waals surface area (Å²) in [6.45, 7) is 6.23. The number of piperidine rings is 1. The van der Waals surface area contributed by atoms with Crippen LogP contribution in [0.15, 0.2) is 18.2 Å². The van der Waals surface area contributed by atoms with Gasteiger partial charge in [0.1, 0.15) is 29.9 Å². The second-order valence-electron chi connectivity index (χ2n) is 13.2. The molecule has 1 spiro atoms. The number of ether oxygens (including phenoxy) is 2. The van der Waals surface area contributed by atoms with Gasteiger partial charge in [-0.05, 0) is 68.9 Å². The molecule has 12 nitrogen and oxygen atoms in total. The zero-order valence-corrected chi connectivity index (χ0v) is 26.3. The largest absolute Gasteiger partial charge is 0.493 e. The van der Waals surface area contributed by atoms with Crippen LogP contribution in [-0.2, 0) is 16.0 Å².